The third-order valence-corrected chi connectivity index (χ3v) is 10.1. The third-order valence-electron chi connectivity index (χ3n) is 10.1. The van der Waals surface area contributed by atoms with Crippen molar-refractivity contribution < 1.29 is 19.2 Å². The molecule has 1 spiro atoms. The lowest BCUT2D eigenvalue weighted by atomic mass is 9.47. The van der Waals surface area contributed by atoms with Crippen molar-refractivity contribution in [1.29, 1.82) is 0 Å². The Morgan fingerprint density at radius 1 is 1.23 bits per heavy atom. The van der Waals surface area contributed by atoms with Crippen LogP contribution >= 0.6 is 0 Å². The van der Waals surface area contributed by atoms with Crippen molar-refractivity contribution in [2.24, 2.45) is 40.4 Å². The van der Waals surface area contributed by atoms with Gasteiger partial charge in [-0.1, -0.05) is 31.1 Å². The average Bonchev–Trinajstić information content (AvgIpc) is 3.35. The van der Waals surface area contributed by atoms with Crippen molar-refractivity contribution in [3.63, 3.8) is 0 Å². The number of carbonyl (C=O) groups excluding carboxylic acids is 2. The van der Waals surface area contributed by atoms with E-state index in [1.807, 2.05) is 6.08 Å². The van der Waals surface area contributed by atoms with E-state index >= 15 is 0 Å². The maximum Gasteiger partial charge on any atom is 0.306 e. The highest BCUT2D eigenvalue weighted by atomic mass is 16.6. The second-order valence-corrected chi connectivity index (χ2v) is 11.2. The topological polar surface area (TPSA) is 64.6 Å². The van der Waals surface area contributed by atoms with Crippen molar-refractivity contribution in [3.8, 4) is 0 Å². The minimum Gasteiger partial charge on any atom is -0.458 e. The van der Waals surface area contributed by atoms with Crippen LogP contribution in [0.3, 0.4) is 0 Å². The number of rotatable bonds is 3. The molecule has 5 heteroatoms. The SMILES string of the molecule is CONC[C@@H]1CC2=CC(=O)CC[C@]2(C)C2=CC[C@@]3(C)C(C21)[C@@H]1C[C@@H]1[C@@]31CCC(=O)O1. The summed E-state index contributed by atoms with van der Waals surface area (Å²) in [4.78, 5) is 29.8. The molecule has 3 saturated carbocycles. The van der Waals surface area contributed by atoms with Gasteiger partial charge in [0, 0.05) is 36.1 Å². The molecule has 0 bridgehead atoms. The molecule has 1 N–H and O–H groups in total. The summed E-state index contributed by atoms with van der Waals surface area (Å²) >= 11 is 0. The quantitative estimate of drug-likeness (QED) is 0.435. The van der Waals surface area contributed by atoms with Crippen LogP contribution in [0.4, 0.5) is 0 Å². The number of fused-ring (bicyclic) bond motifs is 9. The maximum atomic E-state index is 12.2. The molecular formula is C25H33NO4. The lowest BCUT2D eigenvalue weighted by Gasteiger charge is -2.58. The van der Waals surface area contributed by atoms with Crippen molar-refractivity contribution in [1.82, 2.24) is 5.48 Å². The second kappa shape index (κ2) is 6.07. The lowest BCUT2D eigenvalue weighted by molar-refractivity contribution is -0.166. The van der Waals surface area contributed by atoms with Gasteiger partial charge in [-0.2, -0.15) is 0 Å². The van der Waals surface area contributed by atoms with Crippen molar-refractivity contribution >= 4 is 11.8 Å². The van der Waals surface area contributed by atoms with E-state index in [2.05, 4.69) is 25.4 Å². The number of hydroxylamine groups is 1. The number of hydrogen-bond acceptors (Lipinski definition) is 5. The van der Waals surface area contributed by atoms with Gasteiger partial charge in [0.1, 0.15) is 5.60 Å². The zero-order valence-corrected chi connectivity index (χ0v) is 18.3. The summed E-state index contributed by atoms with van der Waals surface area (Å²) in [5.41, 5.74) is 5.80. The maximum absolute atomic E-state index is 12.2. The Morgan fingerprint density at radius 2 is 2.07 bits per heavy atom. The molecule has 1 saturated heterocycles. The van der Waals surface area contributed by atoms with E-state index in [0.29, 0.717) is 42.4 Å². The van der Waals surface area contributed by atoms with Gasteiger partial charge >= 0.3 is 5.97 Å². The predicted molar refractivity (Wildman–Crippen MR) is 111 cm³/mol. The van der Waals surface area contributed by atoms with Crippen molar-refractivity contribution in [3.05, 3.63) is 23.3 Å². The Kier molecular flexibility index (Phi) is 3.89. The van der Waals surface area contributed by atoms with Gasteiger partial charge in [0.05, 0.1) is 7.11 Å². The van der Waals surface area contributed by atoms with Gasteiger partial charge in [-0.05, 0) is 61.9 Å². The molecule has 0 aromatic heterocycles. The monoisotopic (exact) mass is 411 g/mol. The Bertz CT molecular complexity index is 892. The zero-order valence-electron chi connectivity index (χ0n) is 18.3. The summed E-state index contributed by atoms with van der Waals surface area (Å²) in [6.45, 7) is 5.57. The van der Waals surface area contributed by atoms with Gasteiger partial charge in [0.2, 0.25) is 0 Å². The highest BCUT2D eigenvalue weighted by Crippen LogP contribution is 2.78. The molecule has 6 aliphatic rings. The summed E-state index contributed by atoms with van der Waals surface area (Å²) < 4.78 is 6.21. The van der Waals surface area contributed by atoms with Crippen LogP contribution < -0.4 is 5.48 Å². The molecule has 6 rings (SSSR count). The van der Waals surface area contributed by atoms with Gasteiger partial charge in [-0.25, -0.2) is 5.48 Å². The molecule has 2 unspecified atom stereocenters. The van der Waals surface area contributed by atoms with Gasteiger partial charge in [0.25, 0.3) is 0 Å². The van der Waals surface area contributed by atoms with Crippen LogP contribution in [0.15, 0.2) is 23.3 Å². The molecule has 0 aromatic rings. The van der Waals surface area contributed by atoms with E-state index in [-0.39, 0.29) is 28.2 Å². The summed E-state index contributed by atoms with van der Waals surface area (Å²) in [7, 11) is 1.68. The normalized spacial score (nSPS) is 50.8. The van der Waals surface area contributed by atoms with Crippen LogP contribution in [0.2, 0.25) is 0 Å². The summed E-state index contributed by atoms with van der Waals surface area (Å²) in [6.07, 6.45) is 10.7. The number of esters is 1. The van der Waals surface area contributed by atoms with E-state index in [1.165, 1.54) is 12.0 Å². The number of ether oxygens (including phenoxy) is 1. The van der Waals surface area contributed by atoms with Crippen LogP contribution in [-0.2, 0) is 19.2 Å². The van der Waals surface area contributed by atoms with Gasteiger partial charge in [0.15, 0.2) is 5.78 Å². The smallest absolute Gasteiger partial charge is 0.306 e. The fourth-order valence-electron chi connectivity index (χ4n) is 8.72. The molecule has 162 valence electrons. The minimum atomic E-state index is -0.250. The van der Waals surface area contributed by atoms with E-state index in [1.54, 1.807) is 12.7 Å². The molecule has 5 aliphatic carbocycles. The molecule has 5 nitrogen and oxygen atoms in total. The Balaban J connectivity index is 1.47. The molecule has 0 aromatic carbocycles. The van der Waals surface area contributed by atoms with E-state index in [9.17, 15) is 9.59 Å². The number of ketones is 1. The van der Waals surface area contributed by atoms with Gasteiger partial charge in [-0.3, -0.25) is 9.59 Å². The standard InChI is InChI=1S/C25H33NO4/c1-23-7-4-16(27)11-15(23)10-14(13-26-29-3)21-18(23)5-8-24(2)22(21)17-12-19(17)25(24)9-6-20(28)30-25/h5,11,14,17,19,21-22,26H,4,6-10,12-13H2,1-3H3/t14-,17+,19-,21?,22?,23-,24-,25-/m0/s1. The lowest BCUT2D eigenvalue weighted by Crippen LogP contribution is -2.55. The number of allylic oxidation sites excluding steroid dienone is 4. The number of nitrogens with one attached hydrogen (secondary N) is 1. The summed E-state index contributed by atoms with van der Waals surface area (Å²) in [5.74, 6) is 2.91. The number of carbonyl (C=O) groups is 2. The number of hydrogen-bond donors (Lipinski definition) is 1. The van der Waals surface area contributed by atoms with Gasteiger partial charge in [-0.15, -0.1) is 0 Å². The first kappa shape index (κ1) is 19.2. The molecule has 1 heterocycles. The van der Waals surface area contributed by atoms with Crippen LogP contribution in [0.25, 0.3) is 0 Å². The highest BCUT2D eigenvalue weighted by molar-refractivity contribution is 5.92. The fraction of sp³-hybridized carbons (Fsp3) is 0.760. The second-order valence-electron chi connectivity index (χ2n) is 11.2. The minimum absolute atomic E-state index is 0.00141. The Morgan fingerprint density at radius 3 is 2.80 bits per heavy atom. The van der Waals surface area contributed by atoms with Gasteiger partial charge < -0.3 is 9.57 Å². The highest BCUT2D eigenvalue weighted by Gasteiger charge is 2.78. The van der Waals surface area contributed by atoms with Crippen molar-refractivity contribution in [2.45, 2.75) is 64.4 Å². The largest absolute Gasteiger partial charge is 0.458 e. The third kappa shape index (κ3) is 2.21. The molecule has 30 heavy (non-hydrogen) atoms. The van der Waals surface area contributed by atoms with E-state index in [4.69, 9.17) is 9.57 Å². The molecule has 1 aliphatic heterocycles. The molecule has 4 fully saturated rings. The van der Waals surface area contributed by atoms with Crippen molar-refractivity contribution in [2.75, 3.05) is 13.7 Å². The molecule has 8 atom stereocenters. The predicted octanol–water partition coefficient (Wildman–Crippen LogP) is 3.75. The summed E-state index contributed by atoms with van der Waals surface area (Å²) in [6, 6.07) is 0. The molecule has 0 radical (unpaired) electrons. The fourth-order valence-corrected chi connectivity index (χ4v) is 8.72. The average molecular weight is 412 g/mol. The van der Waals surface area contributed by atoms with Crippen LogP contribution in [0.5, 0.6) is 0 Å². The first-order chi connectivity index (χ1) is 14.3. The Labute approximate surface area is 178 Å². The van der Waals surface area contributed by atoms with Crippen LogP contribution in [0.1, 0.15) is 58.8 Å². The first-order valence-electron chi connectivity index (χ1n) is 11.8. The Hall–Kier alpha value is -1.46. The van der Waals surface area contributed by atoms with E-state index in [0.717, 1.165) is 32.2 Å². The van der Waals surface area contributed by atoms with Crippen LogP contribution in [-0.4, -0.2) is 31.0 Å². The summed E-state index contributed by atoms with van der Waals surface area (Å²) in [5, 5.41) is 0. The molecular weight excluding hydrogens is 378 g/mol. The van der Waals surface area contributed by atoms with Crippen LogP contribution in [0, 0.1) is 40.4 Å². The first-order valence-corrected chi connectivity index (χ1v) is 11.8. The zero-order chi connectivity index (χ0) is 20.9. The van der Waals surface area contributed by atoms with E-state index < -0.39 is 0 Å². The molecule has 0 amide bonds.